The van der Waals surface area contributed by atoms with Crippen molar-refractivity contribution >= 4 is 11.8 Å². The number of carbonyl (C=O) groups excluding carboxylic acids is 2. The van der Waals surface area contributed by atoms with Crippen LogP contribution in [0.3, 0.4) is 0 Å². The summed E-state index contributed by atoms with van der Waals surface area (Å²) in [7, 11) is 1.84. The SMILES string of the molecule is CNC(C)(C)CNC(=O)CNC(=O)COC1C#CCCCCC1. The van der Waals surface area contributed by atoms with Crippen molar-refractivity contribution in [1.29, 1.82) is 0 Å². The molecule has 0 aromatic rings. The third kappa shape index (κ3) is 9.22. The molecule has 0 aromatic carbocycles. The van der Waals surface area contributed by atoms with Gasteiger partial charge >= 0.3 is 0 Å². The molecule has 0 saturated heterocycles. The highest BCUT2D eigenvalue weighted by atomic mass is 16.5. The Balaban J connectivity index is 2.19. The van der Waals surface area contributed by atoms with E-state index in [1.807, 2.05) is 20.9 Å². The summed E-state index contributed by atoms with van der Waals surface area (Å²) in [6, 6.07) is 0. The molecule has 0 aromatic heterocycles. The predicted octanol–water partition coefficient (Wildman–Crippen LogP) is 0.570. The summed E-state index contributed by atoms with van der Waals surface area (Å²) in [6.07, 6.45) is 4.95. The summed E-state index contributed by atoms with van der Waals surface area (Å²) in [6.45, 7) is 4.35. The maximum atomic E-state index is 11.7. The molecule has 1 aliphatic rings. The first kappa shape index (κ1) is 19.5. The molecule has 0 heterocycles. The highest BCUT2D eigenvalue weighted by Gasteiger charge is 2.16. The van der Waals surface area contributed by atoms with Crippen LogP contribution in [0.5, 0.6) is 0 Å². The van der Waals surface area contributed by atoms with Gasteiger partial charge in [-0.25, -0.2) is 0 Å². The predicted molar refractivity (Wildman–Crippen MR) is 89.8 cm³/mol. The number of likely N-dealkylation sites (N-methyl/N-ethyl adjacent to an activating group) is 1. The van der Waals surface area contributed by atoms with Crippen LogP contribution in [0.2, 0.25) is 0 Å². The zero-order valence-electron chi connectivity index (χ0n) is 14.5. The van der Waals surface area contributed by atoms with Crippen molar-refractivity contribution in [3.63, 3.8) is 0 Å². The van der Waals surface area contributed by atoms with Crippen LogP contribution in [-0.4, -0.2) is 50.2 Å². The van der Waals surface area contributed by atoms with Crippen LogP contribution in [0, 0.1) is 11.8 Å². The standard InChI is InChI=1S/C17H29N3O3/c1-17(2,18-3)13-20-15(21)11-19-16(22)12-23-14-9-7-5-4-6-8-10-14/h14,18H,4-7,9,11-13H2,1-3H3,(H,19,22)(H,20,21). The molecular weight excluding hydrogens is 294 g/mol. The van der Waals surface area contributed by atoms with Crippen LogP contribution in [0.1, 0.15) is 46.0 Å². The molecule has 0 fully saturated rings. The lowest BCUT2D eigenvalue weighted by Crippen LogP contribution is -2.49. The van der Waals surface area contributed by atoms with E-state index in [-0.39, 0.29) is 36.6 Å². The minimum absolute atomic E-state index is 0.0433. The van der Waals surface area contributed by atoms with Gasteiger partial charge in [-0.3, -0.25) is 9.59 Å². The molecule has 3 N–H and O–H groups in total. The van der Waals surface area contributed by atoms with E-state index in [4.69, 9.17) is 4.74 Å². The lowest BCUT2D eigenvalue weighted by atomic mass is 10.1. The monoisotopic (exact) mass is 323 g/mol. The van der Waals surface area contributed by atoms with Gasteiger partial charge in [0.05, 0.1) is 6.54 Å². The van der Waals surface area contributed by atoms with E-state index in [2.05, 4.69) is 27.8 Å². The molecule has 1 atom stereocenters. The van der Waals surface area contributed by atoms with Gasteiger partial charge in [0.1, 0.15) is 12.7 Å². The van der Waals surface area contributed by atoms with Gasteiger partial charge in [0.15, 0.2) is 0 Å². The number of nitrogens with one attached hydrogen (secondary N) is 3. The molecule has 130 valence electrons. The number of ether oxygens (including phenoxy) is 1. The van der Waals surface area contributed by atoms with Gasteiger partial charge in [0, 0.05) is 18.5 Å². The molecule has 6 heteroatoms. The van der Waals surface area contributed by atoms with Gasteiger partial charge in [0.25, 0.3) is 0 Å². The average Bonchev–Trinajstić information content (AvgIpc) is 2.50. The quantitative estimate of drug-likeness (QED) is 0.571. The third-order valence-electron chi connectivity index (χ3n) is 3.80. The Morgan fingerprint density at radius 1 is 1.17 bits per heavy atom. The first-order chi connectivity index (χ1) is 10.9. The Hall–Kier alpha value is -1.58. The van der Waals surface area contributed by atoms with Crippen LogP contribution in [0.15, 0.2) is 0 Å². The van der Waals surface area contributed by atoms with E-state index < -0.39 is 0 Å². The van der Waals surface area contributed by atoms with Crippen molar-refractivity contribution in [3.05, 3.63) is 0 Å². The van der Waals surface area contributed by atoms with E-state index in [1.165, 1.54) is 0 Å². The highest BCUT2D eigenvalue weighted by Crippen LogP contribution is 2.10. The second kappa shape index (κ2) is 10.2. The summed E-state index contributed by atoms with van der Waals surface area (Å²) in [4.78, 5) is 23.4. The fourth-order valence-electron chi connectivity index (χ4n) is 1.98. The van der Waals surface area contributed by atoms with Crippen molar-refractivity contribution < 1.29 is 14.3 Å². The van der Waals surface area contributed by atoms with Gasteiger partial charge in [-0.15, -0.1) is 5.92 Å². The highest BCUT2D eigenvalue weighted by molar-refractivity contribution is 5.85. The van der Waals surface area contributed by atoms with Gasteiger partial charge in [-0.2, -0.15) is 0 Å². The first-order valence-electron chi connectivity index (χ1n) is 8.25. The van der Waals surface area contributed by atoms with Gasteiger partial charge in [-0.1, -0.05) is 12.3 Å². The Labute approximate surface area is 139 Å². The molecule has 0 aliphatic heterocycles. The lowest BCUT2D eigenvalue weighted by molar-refractivity contribution is -0.129. The molecule has 0 saturated carbocycles. The number of hydrogen-bond donors (Lipinski definition) is 3. The maximum absolute atomic E-state index is 11.7. The molecule has 23 heavy (non-hydrogen) atoms. The Morgan fingerprint density at radius 3 is 2.70 bits per heavy atom. The number of hydrogen-bond acceptors (Lipinski definition) is 4. The van der Waals surface area contributed by atoms with Gasteiger partial charge in [-0.05, 0) is 40.2 Å². The summed E-state index contributed by atoms with van der Waals surface area (Å²) in [5.41, 5.74) is -0.181. The van der Waals surface area contributed by atoms with E-state index in [9.17, 15) is 9.59 Å². The van der Waals surface area contributed by atoms with Crippen LogP contribution in [0.4, 0.5) is 0 Å². The van der Waals surface area contributed by atoms with Crippen molar-refractivity contribution in [2.45, 2.75) is 57.6 Å². The minimum atomic E-state index is -0.295. The topological polar surface area (TPSA) is 79.5 Å². The fraction of sp³-hybridized carbons (Fsp3) is 0.765. The fourth-order valence-corrected chi connectivity index (χ4v) is 1.98. The van der Waals surface area contributed by atoms with Gasteiger partial charge < -0.3 is 20.7 Å². The summed E-state index contributed by atoms with van der Waals surface area (Å²) < 4.78 is 5.52. The minimum Gasteiger partial charge on any atom is -0.356 e. The summed E-state index contributed by atoms with van der Waals surface area (Å²) in [5.74, 6) is 5.61. The smallest absolute Gasteiger partial charge is 0.246 e. The molecule has 1 rings (SSSR count). The van der Waals surface area contributed by atoms with E-state index >= 15 is 0 Å². The third-order valence-corrected chi connectivity index (χ3v) is 3.80. The number of carbonyl (C=O) groups is 2. The second-order valence-corrected chi connectivity index (χ2v) is 6.41. The molecule has 1 aliphatic carbocycles. The second-order valence-electron chi connectivity index (χ2n) is 6.41. The zero-order chi connectivity index (χ0) is 17.1. The van der Waals surface area contributed by atoms with Crippen molar-refractivity contribution in [2.75, 3.05) is 26.7 Å². The molecular formula is C17H29N3O3. The van der Waals surface area contributed by atoms with Gasteiger partial charge in [0.2, 0.25) is 11.8 Å². The van der Waals surface area contributed by atoms with E-state index in [1.54, 1.807) is 0 Å². The Bertz CT molecular complexity index is 452. The summed E-state index contributed by atoms with van der Waals surface area (Å²) >= 11 is 0. The number of rotatable bonds is 8. The lowest BCUT2D eigenvalue weighted by Gasteiger charge is -2.24. The molecule has 0 radical (unpaired) electrons. The Kier molecular flexibility index (Phi) is 8.67. The Morgan fingerprint density at radius 2 is 1.96 bits per heavy atom. The largest absolute Gasteiger partial charge is 0.356 e. The number of amides is 2. The van der Waals surface area contributed by atoms with Crippen LogP contribution in [0.25, 0.3) is 0 Å². The molecule has 6 nitrogen and oxygen atoms in total. The van der Waals surface area contributed by atoms with Crippen LogP contribution in [-0.2, 0) is 14.3 Å². The van der Waals surface area contributed by atoms with E-state index in [0.29, 0.717) is 6.54 Å². The van der Waals surface area contributed by atoms with Crippen molar-refractivity contribution in [3.8, 4) is 11.8 Å². The molecule has 1 unspecified atom stereocenters. The molecule has 0 bridgehead atoms. The normalized spacial score (nSPS) is 18.1. The average molecular weight is 323 g/mol. The first-order valence-corrected chi connectivity index (χ1v) is 8.25. The molecule has 0 spiro atoms. The molecule has 2 amide bonds. The van der Waals surface area contributed by atoms with E-state index in [0.717, 1.165) is 32.1 Å². The van der Waals surface area contributed by atoms with Crippen LogP contribution >= 0.6 is 0 Å². The van der Waals surface area contributed by atoms with Crippen molar-refractivity contribution in [1.82, 2.24) is 16.0 Å². The van der Waals surface area contributed by atoms with Crippen molar-refractivity contribution in [2.24, 2.45) is 0 Å². The maximum Gasteiger partial charge on any atom is 0.246 e. The van der Waals surface area contributed by atoms with Crippen LogP contribution < -0.4 is 16.0 Å². The zero-order valence-corrected chi connectivity index (χ0v) is 14.5. The summed E-state index contributed by atoms with van der Waals surface area (Å²) in [5, 5.41) is 8.42.